The zero-order chi connectivity index (χ0) is 9.68. The van der Waals surface area contributed by atoms with E-state index in [1.165, 1.54) is 25.9 Å². The Morgan fingerprint density at radius 3 is 3.00 bits per heavy atom. The number of piperidine rings is 1. The van der Waals surface area contributed by atoms with Crippen molar-refractivity contribution in [2.24, 2.45) is 0 Å². The summed E-state index contributed by atoms with van der Waals surface area (Å²) in [5.74, 6) is 0. The van der Waals surface area contributed by atoms with Crippen LogP contribution in [0.25, 0.3) is 0 Å². The Morgan fingerprint density at radius 2 is 2.38 bits per heavy atom. The number of rotatable bonds is 4. The van der Waals surface area contributed by atoms with Gasteiger partial charge < -0.3 is 4.74 Å². The molecule has 0 spiro atoms. The topological polar surface area (TPSA) is 12.5 Å². The zero-order valence-corrected chi connectivity index (χ0v) is 10.2. The summed E-state index contributed by atoms with van der Waals surface area (Å²) >= 11 is 3.69. The molecule has 2 nitrogen and oxygen atoms in total. The molecule has 0 radical (unpaired) electrons. The second-order valence-corrected chi connectivity index (χ2v) is 5.16. The highest BCUT2D eigenvalue weighted by Gasteiger charge is 2.21. The van der Waals surface area contributed by atoms with Crippen LogP contribution in [0.2, 0.25) is 0 Å². The molecule has 0 aromatic heterocycles. The van der Waals surface area contributed by atoms with E-state index in [0.29, 0.717) is 10.9 Å². The average molecular weight is 250 g/mol. The van der Waals surface area contributed by atoms with Gasteiger partial charge in [-0.1, -0.05) is 15.9 Å². The minimum atomic E-state index is 0.667. The first-order valence-corrected chi connectivity index (χ1v) is 6.02. The third kappa shape index (κ3) is 3.96. The molecule has 2 atom stereocenters. The molecule has 0 aliphatic carbocycles. The van der Waals surface area contributed by atoms with Crippen LogP contribution in [-0.4, -0.2) is 42.6 Å². The third-order valence-electron chi connectivity index (χ3n) is 2.76. The summed E-state index contributed by atoms with van der Waals surface area (Å²) in [5, 5.41) is 0. The highest BCUT2D eigenvalue weighted by atomic mass is 79.9. The summed E-state index contributed by atoms with van der Waals surface area (Å²) < 4.78 is 5.09. The van der Waals surface area contributed by atoms with E-state index in [4.69, 9.17) is 4.74 Å². The Balaban J connectivity index is 2.24. The lowest BCUT2D eigenvalue weighted by atomic mass is 10.1. The normalized spacial score (nSPS) is 27.5. The van der Waals surface area contributed by atoms with Gasteiger partial charge >= 0.3 is 0 Å². The van der Waals surface area contributed by atoms with Crippen LogP contribution in [0.3, 0.4) is 0 Å². The van der Waals surface area contributed by atoms with Crippen molar-refractivity contribution < 1.29 is 4.74 Å². The van der Waals surface area contributed by atoms with Crippen LogP contribution in [0.5, 0.6) is 0 Å². The molecule has 1 rings (SSSR count). The standard InChI is InChI=1S/C10H20BrNO/c1-9(5-7-13-2)12-6-3-4-10(11)8-12/h9-10H,3-8H2,1-2H3. The summed E-state index contributed by atoms with van der Waals surface area (Å²) in [6, 6.07) is 0.667. The molecule has 0 bridgehead atoms. The molecule has 3 heteroatoms. The number of nitrogens with zero attached hydrogens (tertiary/aromatic N) is 1. The van der Waals surface area contributed by atoms with Crippen molar-refractivity contribution in [3.63, 3.8) is 0 Å². The number of alkyl halides is 1. The maximum absolute atomic E-state index is 5.09. The minimum Gasteiger partial charge on any atom is -0.385 e. The van der Waals surface area contributed by atoms with E-state index in [1.54, 1.807) is 7.11 Å². The van der Waals surface area contributed by atoms with E-state index in [1.807, 2.05) is 0 Å². The molecule has 0 aromatic rings. The Bertz CT molecular complexity index is 143. The molecule has 78 valence electrons. The monoisotopic (exact) mass is 249 g/mol. The molecule has 0 N–H and O–H groups in total. The first-order valence-electron chi connectivity index (χ1n) is 5.11. The number of halogens is 1. The van der Waals surface area contributed by atoms with Gasteiger partial charge in [-0.3, -0.25) is 4.90 Å². The number of hydrogen-bond donors (Lipinski definition) is 0. The second kappa shape index (κ2) is 5.99. The van der Waals surface area contributed by atoms with Crippen molar-refractivity contribution in [3.05, 3.63) is 0 Å². The van der Waals surface area contributed by atoms with Gasteiger partial charge in [0.25, 0.3) is 0 Å². The predicted octanol–water partition coefficient (Wildman–Crippen LogP) is 2.27. The second-order valence-electron chi connectivity index (χ2n) is 3.86. The van der Waals surface area contributed by atoms with Gasteiger partial charge in [0.15, 0.2) is 0 Å². The molecule has 2 unspecified atom stereocenters. The summed E-state index contributed by atoms with van der Waals surface area (Å²) in [7, 11) is 1.77. The Labute approximate surface area is 89.8 Å². The van der Waals surface area contributed by atoms with E-state index in [-0.39, 0.29) is 0 Å². The molecule has 1 heterocycles. The SMILES string of the molecule is COCCC(C)N1CCCC(Br)C1. The van der Waals surface area contributed by atoms with Crippen molar-refractivity contribution in [2.75, 3.05) is 26.8 Å². The fourth-order valence-electron chi connectivity index (χ4n) is 1.82. The molecule has 1 aliphatic heterocycles. The molecule has 1 saturated heterocycles. The molecule has 0 saturated carbocycles. The Hall–Kier alpha value is 0.400. The van der Waals surface area contributed by atoms with E-state index < -0.39 is 0 Å². The lowest BCUT2D eigenvalue weighted by Crippen LogP contribution is -2.42. The van der Waals surface area contributed by atoms with Crippen LogP contribution in [0, 0.1) is 0 Å². The largest absolute Gasteiger partial charge is 0.385 e. The van der Waals surface area contributed by atoms with Crippen LogP contribution in [0.15, 0.2) is 0 Å². The number of likely N-dealkylation sites (tertiary alicyclic amines) is 1. The summed E-state index contributed by atoms with van der Waals surface area (Å²) in [4.78, 5) is 3.26. The van der Waals surface area contributed by atoms with Crippen molar-refractivity contribution in [1.82, 2.24) is 4.90 Å². The van der Waals surface area contributed by atoms with E-state index >= 15 is 0 Å². The first-order chi connectivity index (χ1) is 6.24. The lowest BCUT2D eigenvalue weighted by molar-refractivity contribution is 0.126. The van der Waals surface area contributed by atoms with Crippen LogP contribution in [-0.2, 0) is 4.74 Å². The number of methoxy groups -OCH3 is 1. The van der Waals surface area contributed by atoms with E-state index in [9.17, 15) is 0 Å². The third-order valence-corrected chi connectivity index (χ3v) is 3.51. The number of hydrogen-bond acceptors (Lipinski definition) is 2. The van der Waals surface area contributed by atoms with Gasteiger partial charge in [-0.05, 0) is 32.7 Å². The number of ether oxygens (including phenoxy) is 1. The summed E-state index contributed by atoms with van der Waals surface area (Å²) in [6.45, 7) is 5.63. The average Bonchev–Trinajstić information content (AvgIpc) is 2.14. The van der Waals surface area contributed by atoms with Crippen molar-refractivity contribution >= 4 is 15.9 Å². The zero-order valence-electron chi connectivity index (χ0n) is 8.63. The molecule has 1 fully saturated rings. The van der Waals surface area contributed by atoms with Crippen LogP contribution in [0.4, 0.5) is 0 Å². The summed E-state index contributed by atoms with van der Waals surface area (Å²) in [5.41, 5.74) is 0. The van der Waals surface area contributed by atoms with Gasteiger partial charge in [-0.2, -0.15) is 0 Å². The smallest absolute Gasteiger partial charge is 0.0477 e. The summed E-state index contributed by atoms with van der Waals surface area (Å²) in [6.07, 6.45) is 3.80. The molecule has 0 amide bonds. The minimum absolute atomic E-state index is 0.667. The van der Waals surface area contributed by atoms with Crippen LogP contribution in [0.1, 0.15) is 26.2 Å². The van der Waals surface area contributed by atoms with Gasteiger partial charge in [0.05, 0.1) is 0 Å². The molecular formula is C10H20BrNO. The van der Waals surface area contributed by atoms with Crippen molar-refractivity contribution in [3.8, 4) is 0 Å². The quantitative estimate of drug-likeness (QED) is 0.710. The molecule has 1 aliphatic rings. The Morgan fingerprint density at radius 1 is 1.62 bits per heavy atom. The van der Waals surface area contributed by atoms with Gasteiger partial charge in [-0.25, -0.2) is 0 Å². The highest BCUT2D eigenvalue weighted by Crippen LogP contribution is 2.19. The van der Waals surface area contributed by atoms with Gasteiger partial charge in [-0.15, -0.1) is 0 Å². The van der Waals surface area contributed by atoms with Crippen LogP contribution >= 0.6 is 15.9 Å². The van der Waals surface area contributed by atoms with Crippen LogP contribution < -0.4 is 0 Å². The first kappa shape index (κ1) is 11.5. The molecule has 0 aromatic carbocycles. The van der Waals surface area contributed by atoms with E-state index in [2.05, 4.69) is 27.8 Å². The lowest BCUT2D eigenvalue weighted by Gasteiger charge is -2.34. The predicted molar refractivity (Wildman–Crippen MR) is 59.5 cm³/mol. The fourth-order valence-corrected chi connectivity index (χ4v) is 2.52. The van der Waals surface area contributed by atoms with Crippen molar-refractivity contribution in [1.29, 1.82) is 0 Å². The molecule has 13 heavy (non-hydrogen) atoms. The van der Waals surface area contributed by atoms with Gasteiger partial charge in [0.1, 0.15) is 0 Å². The van der Waals surface area contributed by atoms with E-state index in [0.717, 1.165) is 13.0 Å². The maximum Gasteiger partial charge on any atom is 0.0477 e. The van der Waals surface area contributed by atoms with Gasteiger partial charge in [0.2, 0.25) is 0 Å². The Kier molecular flexibility index (Phi) is 5.29. The molecular weight excluding hydrogens is 230 g/mol. The highest BCUT2D eigenvalue weighted by molar-refractivity contribution is 9.09. The maximum atomic E-state index is 5.09. The van der Waals surface area contributed by atoms with Gasteiger partial charge in [0, 0.05) is 31.1 Å². The fraction of sp³-hybridized carbons (Fsp3) is 1.00. The van der Waals surface area contributed by atoms with Crippen molar-refractivity contribution in [2.45, 2.75) is 37.1 Å².